The molecule has 1 amide bonds. The fraction of sp³-hybridized carbons (Fsp3) is 0.158. The number of para-hydroxylation sites is 1. The average molecular weight is 385 g/mol. The van der Waals surface area contributed by atoms with Gasteiger partial charge in [-0.3, -0.25) is 9.52 Å². The van der Waals surface area contributed by atoms with Crippen LogP contribution in [-0.2, 0) is 16.4 Å². The van der Waals surface area contributed by atoms with E-state index in [0.717, 1.165) is 17.7 Å². The summed E-state index contributed by atoms with van der Waals surface area (Å²) < 4.78 is 31.9. The van der Waals surface area contributed by atoms with Crippen LogP contribution in [0.1, 0.15) is 28.6 Å². The molecule has 0 aliphatic heterocycles. The third-order valence-electron chi connectivity index (χ3n) is 3.94. The number of amides is 1. The molecule has 140 valence electrons. The van der Waals surface area contributed by atoms with Gasteiger partial charge in [0.1, 0.15) is 5.76 Å². The maximum atomic E-state index is 12.4. The highest BCUT2D eigenvalue weighted by atomic mass is 32.2. The number of hydrogen-bond acceptors (Lipinski definition) is 5. The highest BCUT2D eigenvalue weighted by Gasteiger charge is 2.17. The Hall–Kier alpha value is -3.13. The van der Waals surface area contributed by atoms with Crippen molar-refractivity contribution >= 4 is 27.4 Å². The molecule has 0 spiro atoms. The summed E-state index contributed by atoms with van der Waals surface area (Å²) in [4.78, 5) is 12.5. The lowest BCUT2D eigenvalue weighted by Crippen LogP contribution is -2.15. The third kappa shape index (κ3) is 4.35. The number of anilines is 2. The average Bonchev–Trinajstić information content (AvgIpc) is 3.06. The SMILES string of the molecule is CCc1ccccc1NC(=O)c1ccc(S(=O)(=O)Nc2cc(C)on2)cc1. The van der Waals surface area contributed by atoms with E-state index >= 15 is 0 Å². The largest absolute Gasteiger partial charge is 0.360 e. The lowest BCUT2D eigenvalue weighted by atomic mass is 10.1. The van der Waals surface area contributed by atoms with E-state index in [-0.39, 0.29) is 16.6 Å². The zero-order valence-corrected chi connectivity index (χ0v) is 15.7. The summed E-state index contributed by atoms with van der Waals surface area (Å²) in [6, 6.07) is 14.7. The van der Waals surface area contributed by atoms with Crippen molar-refractivity contribution in [3.63, 3.8) is 0 Å². The van der Waals surface area contributed by atoms with Crippen molar-refractivity contribution in [1.29, 1.82) is 0 Å². The quantitative estimate of drug-likeness (QED) is 0.675. The Labute approximate surface area is 157 Å². The molecule has 2 aromatic carbocycles. The summed E-state index contributed by atoms with van der Waals surface area (Å²) in [6.07, 6.45) is 0.792. The Morgan fingerprint density at radius 2 is 1.81 bits per heavy atom. The molecule has 0 aliphatic carbocycles. The molecule has 0 atom stereocenters. The number of carbonyl (C=O) groups excluding carboxylic acids is 1. The van der Waals surface area contributed by atoms with Gasteiger partial charge in [-0.1, -0.05) is 30.3 Å². The maximum absolute atomic E-state index is 12.4. The number of aromatic nitrogens is 1. The second-order valence-corrected chi connectivity index (χ2v) is 7.60. The maximum Gasteiger partial charge on any atom is 0.263 e. The molecule has 27 heavy (non-hydrogen) atoms. The Bertz CT molecular complexity index is 1060. The van der Waals surface area contributed by atoms with E-state index in [9.17, 15) is 13.2 Å². The van der Waals surface area contributed by atoms with E-state index in [1.807, 2.05) is 31.2 Å². The first-order chi connectivity index (χ1) is 12.9. The summed E-state index contributed by atoms with van der Waals surface area (Å²) in [5.74, 6) is 0.289. The topological polar surface area (TPSA) is 101 Å². The summed E-state index contributed by atoms with van der Waals surface area (Å²) in [6.45, 7) is 3.67. The first-order valence-corrected chi connectivity index (χ1v) is 9.83. The van der Waals surface area contributed by atoms with Gasteiger partial charge in [-0.2, -0.15) is 0 Å². The van der Waals surface area contributed by atoms with Crippen LogP contribution in [0, 0.1) is 6.92 Å². The van der Waals surface area contributed by atoms with Crippen molar-refractivity contribution in [2.24, 2.45) is 0 Å². The molecule has 1 heterocycles. The minimum atomic E-state index is -3.82. The van der Waals surface area contributed by atoms with E-state index in [4.69, 9.17) is 4.52 Å². The van der Waals surface area contributed by atoms with Crippen LogP contribution >= 0.6 is 0 Å². The van der Waals surface area contributed by atoms with Crippen molar-refractivity contribution in [1.82, 2.24) is 5.16 Å². The normalized spacial score (nSPS) is 11.2. The van der Waals surface area contributed by atoms with Crippen LogP contribution in [0.4, 0.5) is 11.5 Å². The van der Waals surface area contributed by atoms with Crippen LogP contribution in [0.25, 0.3) is 0 Å². The number of aryl methyl sites for hydroxylation is 2. The lowest BCUT2D eigenvalue weighted by molar-refractivity contribution is 0.102. The number of carbonyl (C=O) groups is 1. The predicted molar refractivity (Wildman–Crippen MR) is 102 cm³/mol. The van der Waals surface area contributed by atoms with Gasteiger partial charge in [0, 0.05) is 17.3 Å². The fourth-order valence-electron chi connectivity index (χ4n) is 2.54. The van der Waals surface area contributed by atoms with E-state index < -0.39 is 10.0 Å². The van der Waals surface area contributed by atoms with Crippen molar-refractivity contribution < 1.29 is 17.7 Å². The van der Waals surface area contributed by atoms with Crippen molar-refractivity contribution in [2.45, 2.75) is 25.2 Å². The molecule has 0 saturated heterocycles. The third-order valence-corrected chi connectivity index (χ3v) is 5.31. The molecule has 3 rings (SSSR count). The van der Waals surface area contributed by atoms with Crippen molar-refractivity contribution in [3.8, 4) is 0 Å². The minimum Gasteiger partial charge on any atom is -0.360 e. The Balaban J connectivity index is 1.75. The second kappa shape index (κ2) is 7.63. The fourth-order valence-corrected chi connectivity index (χ4v) is 3.53. The summed E-state index contributed by atoms with van der Waals surface area (Å²) >= 11 is 0. The molecular formula is C19H19N3O4S. The Morgan fingerprint density at radius 1 is 1.11 bits per heavy atom. The monoisotopic (exact) mass is 385 g/mol. The summed E-state index contributed by atoms with van der Waals surface area (Å²) in [7, 11) is -3.82. The van der Waals surface area contributed by atoms with E-state index in [0.29, 0.717) is 11.3 Å². The summed E-state index contributed by atoms with van der Waals surface area (Å²) in [5, 5.41) is 6.46. The number of hydrogen-bond donors (Lipinski definition) is 2. The molecule has 0 saturated carbocycles. The molecule has 0 radical (unpaired) electrons. The number of rotatable bonds is 6. The highest BCUT2D eigenvalue weighted by molar-refractivity contribution is 7.92. The molecule has 8 heteroatoms. The smallest absolute Gasteiger partial charge is 0.263 e. The van der Waals surface area contributed by atoms with Gasteiger partial charge in [0.15, 0.2) is 5.82 Å². The number of sulfonamides is 1. The number of nitrogens with zero attached hydrogens (tertiary/aromatic N) is 1. The van der Waals surface area contributed by atoms with Crippen molar-refractivity contribution in [3.05, 3.63) is 71.5 Å². The van der Waals surface area contributed by atoms with E-state index in [1.54, 1.807) is 6.92 Å². The zero-order valence-electron chi connectivity index (χ0n) is 14.9. The Kier molecular flexibility index (Phi) is 5.27. The highest BCUT2D eigenvalue weighted by Crippen LogP contribution is 2.19. The van der Waals surface area contributed by atoms with Gasteiger partial charge >= 0.3 is 0 Å². The Morgan fingerprint density at radius 3 is 2.44 bits per heavy atom. The molecule has 7 nitrogen and oxygen atoms in total. The lowest BCUT2D eigenvalue weighted by Gasteiger charge is -2.10. The van der Waals surface area contributed by atoms with Gasteiger partial charge in [-0.05, 0) is 49.2 Å². The van der Waals surface area contributed by atoms with E-state index in [1.165, 1.54) is 30.3 Å². The second-order valence-electron chi connectivity index (χ2n) is 5.92. The van der Waals surface area contributed by atoms with Gasteiger partial charge in [0.2, 0.25) is 0 Å². The summed E-state index contributed by atoms with van der Waals surface area (Å²) in [5.41, 5.74) is 2.12. The molecule has 0 aliphatic rings. The molecule has 2 N–H and O–H groups in total. The molecule has 0 unspecified atom stereocenters. The number of nitrogens with one attached hydrogen (secondary N) is 2. The van der Waals surface area contributed by atoms with Crippen LogP contribution < -0.4 is 10.0 Å². The van der Waals surface area contributed by atoms with Gasteiger partial charge in [0.05, 0.1) is 4.90 Å². The van der Waals surface area contributed by atoms with Crippen molar-refractivity contribution in [2.75, 3.05) is 10.0 Å². The van der Waals surface area contributed by atoms with Crippen LogP contribution in [0.15, 0.2) is 64.0 Å². The van der Waals surface area contributed by atoms with Gasteiger partial charge in [0.25, 0.3) is 15.9 Å². The minimum absolute atomic E-state index is 0.0219. The molecule has 0 bridgehead atoms. The first kappa shape index (κ1) is 18.7. The standard InChI is InChI=1S/C19H19N3O4S/c1-3-14-6-4-5-7-17(14)20-19(23)15-8-10-16(11-9-15)27(24,25)22-18-12-13(2)26-21-18/h4-12H,3H2,1-2H3,(H,20,23)(H,21,22). The zero-order chi connectivity index (χ0) is 19.4. The molecule has 1 aromatic heterocycles. The molecule has 0 fully saturated rings. The van der Waals surface area contributed by atoms with Crippen LogP contribution in [0.5, 0.6) is 0 Å². The first-order valence-electron chi connectivity index (χ1n) is 8.34. The van der Waals surface area contributed by atoms with Crippen LogP contribution in [-0.4, -0.2) is 19.5 Å². The van der Waals surface area contributed by atoms with Crippen LogP contribution in [0.2, 0.25) is 0 Å². The predicted octanol–water partition coefficient (Wildman–Crippen LogP) is 3.60. The number of benzene rings is 2. The molecule has 3 aromatic rings. The van der Waals surface area contributed by atoms with E-state index in [2.05, 4.69) is 15.2 Å². The van der Waals surface area contributed by atoms with Crippen LogP contribution in [0.3, 0.4) is 0 Å². The van der Waals surface area contributed by atoms with Gasteiger partial charge in [-0.15, -0.1) is 0 Å². The molecular weight excluding hydrogens is 366 g/mol. The van der Waals surface area contributed by atoms with Gasteiger partial charge < -0.3 is 9.84 Å². The van der Waals surface area contributed by atoms with Gasteiger partial charge in [-0.25, -0.2) is 8.42 Å².